The normalized spacial score (nSPS) is 19.8. The molecule has 0 bridgehead atoms. The van der Waals surface area contributed by atoms with E-state index >= 15 is 0 Å². The van der Waals surface area contributed by atoms with Gasteiger partial charge in [-0.2, -0.15) is 12.6 Å². The Morgan fingerprint density at radius 3 is 2.35 bits per heavy atom. The first-order valence-corrected chi connectivity index (χ1v) is 7.59. The summed E-state index contributed by atoms with van der Waals surface area (Å²) < 4.78 is 5.80. The zero-order chi connectivity index (χ0) is 13.8. The molecule has 2 aromatic carbocycles. The van der Waals surface area contributed by atoms with Crippen molar-refractivity contribution in [3.8, 4) is 11.5 Å². The Kier molecular flexibility index (Phi) is 4.28. The summed E-state index contributed by atoms with van der Waals surface area (Å²) in [6, 6.07) is 18.6. The Hall–Kier alpha value is -1.45. The van der Waals surface area contributed by atoms with Crippen LogP contribution in [-0.4, -0.2) is 12.6 Å². The fourth-order valence-corrected chi connectivity index (χ4v) is 3.00. The molecule has 1 saturated heterocycles. The topological polar surface area (TPSA) is 21.3 Å². The lowest BCUT2D eigenvalue weighted by atomic mass is 10.0. The smallest absolute Gasteiger partial charge is 0.127 e. The minimum Gasteiger partial charge on any atom is -0.457 e. The molecule has 0 aliphatic carbocycles. The third kappa shape index (κ3) is 3.17. The van der Waals surface area contributed by atoms with Crippen LogP contribution in [0.25, 0.3) is 0 Å². The molecule has 3 rings (SSSR count). The van der Waals surface area contributed by atoms with Crippen molar-refractivity contribution in [2.45, 2.75) is 24.1 Å². The summed E-state index contributed by atoms with van der Waals surface area (Å²) in [4.78, 5) is 0. The van der Waals surface area contributed by atoms with Crippen molar-refractivity contribution in [3.63, 3.8) is 0 Å². The van der Waals surface area contributed by atoms with Crippen LogP contribution < -0.4 is 10.1 Å². The van der Waals surface area contributed by atoms with Gasteiger partial charge in [-0.25, -0.2) is 0 Å². The number of hydrogen-bond acceptors (Lipinski definition) is 3. The number of thiol groups is 1. The number of para-hydroxylation sites is 1. The van der Waals surface area contributed by atoms with Gasteiger partial charge in [0, 0.05) is 11.3 Å². The van der Waals surface area contributed by atoms with E-state index < -0.39 is 0 Å². The zero-order valence-corrected chi connectivity index (χ0v) is 12.2. The van der Waals surface area contributed by atoms with Crippen molar-refractivity contribution in [2.24, 2.45) is 0 Å². The second kappa shape index (κ2) is 6.33. The summed E-state index contributed by atoms with van der Waals surface area (Å²) >= 11 is 4.74. The van der Waals surface area contributed by atoms with E-state index in [2.05, 4.69) is 17.4 Å². The van der Waals surface area contributed by atoms with Crippen LogP contribution >= 0.6 is 12.6 Å². The van der Waals surface area contributed by atoms with E-state index in [1.807, 2.05) is 42.5 Å². The second-order valence-electron chi connectivity index (χ2n) is 5.13. The maximum Gasteiger partial charge on any atom is 0.127 e. The molecule has 20 heavy (non-hydrogen) atoms. The Morgan fingerprint density at radius 2 is 1.70 bits per heavy atom. The van der Waals surface area contributed by atoms with Crippen LogP contribution in [-0.2, 0) is 0 Å². The molecule has 0 saturated carbocycles. The molecule has 0 spiro atoms. The Balaban J connectivity index is 1.68. The predicted molar refractivity (Wildman–Crippen MR) is 85.7 cm³/mol. The fourth-order valence-electron chi connectivity index (χ4n) is 2.57. The van der Waals surface area contributed by atoms with Crippen molar-refractivity contribution < 1.29 is 4.74 Å². The van der Waals surface area contributed by atoms with E-state index in [-0.39, 0.29) is 5.25 Å². The van der Waals surface area contributed by atoms with E-state index in [1.165, 1.54) is 18.4 Å². The molecule has 0 radical (unpaired) electrons. The van der Waals surface area contributed by atoms with Crippen LogP contribution in [0.3, 0.4) is 0 Å². The molecule has 3 heteroatoms. The third-order valence-corrected chi connectivity index (χ3v) is 4.34. The van der Waals surface area contributed by atoms with Crippen LogP contribution in [0.4, 0.5) is 0 Å². The first-order valence-electron chi connectivity index (χ1n) is 7.07. The van der Waals surface area contributed by atoms with Crippen molar-refractivity contribution in [1.29, 1.82) is 0 Å². The van der Waals surface area contributed by atoms with Gasteiger partial charge in [0.2, 0.25) is 0 Å². The lowest BCUT2D eigenvalue weighted by Gasteiger charge is -2.19. The molecule has 0 aromatic heterocycles. The Morgan fingerprint density at radius 1 is 1.00 bits per heavy atom. The number of ether oxygens (including phenoxy) is 1. The molecule has 104 valence electrons. The number of benzene rings is 2. The molecule has 1 N–H and O–H groups in total. The zero-order valence-electron chi connectivity index (χ0n) is 11.3. The molecular formula is C17H19NOS. The maximum atomic E-state index is 5.80. The van der Waals surface area contributed by atoms with Gasteiger partial charge in [-0.15, -0.1) is 0 Å². The molecule has 2 aromatic rings. The molecule has 2 atom stereocenters. The number of nitrogens with one attached hydrogen (secondary N) is 1. The van der Waals surface area contributed by atoms with Crippen LogP contribution in [0, 0.1) is 0 Å². The van der Waals surface area contributed by atoms with Crippen LogP contribution in [0.1, 0.15) is 23.7 Å². The van der Waals surface area contributed by atoms with E-state index in [0.29, 0.717) is 6.04 Å². The monoisotopic (exact) mass is 285 g/mol. The van der Waals surface area contributed by atoms with Crippen LogP contribution in [0.2, 0.25) is 0 Å². The first kappa shape index (κ1) is 13.5. The summed E-state index contributed by atoms with van der Waals surface area (Å²) in [5.41, 5.74) is 1.24. The van der Waals surface area contributed by atoms with Gasteiger partial charge in [0.1, 0.15) is 11.5 Å². The molecule has 1 heterocycles. The van der Waals surface area contributed by atoms with Crippen molar-refractivity contribution in [3.05, 3.63) is 60.2 Å². The van der Waals surface area contributed by atoms with E-state index in [0.717, 1.165) is 18.0 Å². The third-order valence-electron chi connectivity index (χ3n) is 3.68. The van der Waals surface area contributed by atoms with Gasteiger partial charge in [0.15, 0.2) is 0 Å². The highest BCUT2D eigenvalue weighted by Crippen LogP contribution is 2.30. The van der Waals surface area contributed by atoms with Crippen molar-refractivity contribution >= 4 is 12.6 Å². The van der Waals surface area contributed by atoms with E-state index in [4.69, 9.17) is 17.4 Å². The Bertz CT molecular complexity index is 535. The second-order valence-corrected chi connectivity index (χ2v) is 5.69. The fraction of sp³-hybridized carbons (Fsp3) is 0.294. The van der Waals surface area contributed by atoms with Gasteiger partial charge in [0.25, 0.3) is 0 Å². The average molecular weight is 285 g/mol. The summed E-state index contributed by atoms with van der Waals surface area (Å²) in [5.74, 6) is 1.72. The number of hydrogen-bond donors (Lipinski definition) is 2. The van der Waals surface area contributed by atoms with Gasteiger partial charge in [0.05, 0.1) is 0 Å². The molecule has 1 unspecified atom stereocenters. The van der Waals surface area contributed by atoms with Gasteiger partial charge in [-0.05, 0) is 49.2 Å². The van der Waals surface area contributed by atoms with Crippen molar-refractivity contribution in [2.75, 3.05) is 6.54 Å². The van der Waals surface area contributed by atoms with Crippen LogP contribution in [0.15, 0.2) is 54.6 Å². The standard InChI is InChI=1S/C17H19NOS/c20-17(16-7-4-12-18-16)13-8-10-15(11-9-13)19-14-5-2-1-3-6-14/h1-3,5-6,8-11,16-18,20H,4,7,12H2/t16-,17?/m1/s1. The largest absolute Gasteiger partial charge is 0.457 e. The first-order chi connectivity index (χ1) is 9.83. The molecule has 1 aliphatic heterocycles. The minimum absolute atomic E-state index is 0.253. The highest BCUT2D eigenvalue weighted by atomic mass is 32.1. The highest BCUT2D eigenvalue weighted by molar-refractivity contribution is 7.80. The van der Waals surface area contributed by atoms with Crippen molar-refractivity contribution in [1.82, 2.24) is 5.32 Å². The summed E-state index contributed by atoms with van der Waals surface area (Å²) in [6.07, 6.45) is 2.45. The van der Waals surface area contributed by atoms with Crippen LogP contribution in [0.5, 0.6) is 11.5 Å². The lowest BCUT2D eigenvalue weighted by molar-refractivity contribution is 0.482. The highest BCUT2D eigenvalue weighted by Gasteiger charge is 2.22. The van der Waals surface area contributed by atoms with Gasteiger partial charge in [-0.1, -0.05) is 30.3 Å². The van der Waals surface area contributed by atoms with E-state index in [9.17, 15) is 0 Å². The molecule has 1 fully saturated rings. The molecule has 1 aliphatic rings. The summed E-state index contributed by atoms with van der Waals surface area (Å²) in [5, 5.41) is 3.75. The Labute approximate surface area is 125 Å². The van der Waals surface area contributed by atoms with Gasteiger partial charge in [-0.3, -0.25) is 0 Å². The SMILES string of the molecule is SC(c1ccc(Oc2ccccc2)cc1)[C@H]1CCCN1. The van der Waals surface area contributed by atoms with Gasteiger partial charge < -0.3 is 10.1 Å². The average Bonchev–Trinajstić information content (AvgIpc) is 3.03. The lowest BCUT2D eigenvalue weighted by Crippen LogP contribution is -2.25. The minimum atomic E-state index is 0.253. The van der Waals surface area contributed by atoms with Gasteiger partial charge >= 0.3 is 0 Å². The summed E-state index contributed by atoms with van der Waals surface area (Å²) in [6.45, 7) is 1.11. The molecule has 0 amide bonds. The maximum absolute atomic E-state index is 5.80. The number of rotatable bonds is 4. The molecule has 2 nitrogen and oxygen atoms in total. The summed E-state index contributed by atoms with van der Waals surface area (Å²) in [7, 11) is 0. The molecular weight excluding hydrogens is 266 g/mol. The predicted octanol–water partition coefficient (Wildman–Crippen LogP) is 4.20. The quantitative estimate of drug-likeness (QED) is 0.821. The van der Waals surface area contributed by atoms with E-state index in [1.54, 1.807) is 0 Å².